The zero-order chi connectivity index (χ0) is 9.84. The maximum Gasteiger partial charge on any atom is 0.0944 e. The molecule has 0 saturated carbocycles. The van der Waals surface area contributed by atoms with Crippen molar-refractivity contribution in [2.24, 2.45) is 0 Å². The van der Waals surface area contributed by atoms with E-state index in [2.05, 4.69) is 24.3 Å². The number of hydrogen-bond donors (Lipinski definition) is 2. The van der Waals surface area contributed by atoms with E-state index in [0.717, 1.165) is 5.56 Å². The van der Waals surface area contributed by atoms with Crippen LogP contribution in [0.4, 0.5) is 0 Å². The molecular weight excluding hydrogens is 166 g/mol. The highest BCUT2D eigenvalue weighted by Crippen LogP contribution is 2.12. The second-order valence-corrected chi connectivity index (χ2v) is 3.42. The molecule has 1 aromatic rings. The largest absolute Gasteiger partial charge is 0.387 e. The Hall–Kier alpha value is -0.870. The summed E-state index contributed by atoms with van der Waals surface area (Å²) in [5.74, 6) is 0. The maximum atomic E-state index is 9.60. The number of nitrogens with zero attached hydrogens (tertiary/aromatic N) is 2. The third kappa shape index (κ3) is 2.54. The summed E-state index contributed by atoms with van der Waals surface area (Å²) in [6.45, 7) is 4.67. The van der Waals surface area contributed by atoms with Gasteiger partial charge < -0.3 is 10.4 Å². The molecule has 0 aromatic carbocycles. The average Bonchev–Trinajstić information content (AvgIpc) is 2.52. The minimum Gasteiger partial charge on any atom is -0.387 e. The van der Waals surface area contributed by atoms with Crippen LogP contribution < -0.4 is 5.32 Å². The van der Waals surface area contributed by atoms with Crippen LogP contribution in [0.2, 0.25) is 0 Å². The molecule has 4 heteroatoms. The van der Waals surface area contributed by atoms with Crippen molar-refractivity contribution in [1.29, 1.82) is 0 Å². The molecular formula is C9H17N3O. The zero-order valence-electron chi connectivity index (χ0n) is 8.36. The van der Waals surface area contributed by atoms with Crippen LogP contribution in [0.25, 0.3) is 0 Å². The molecule has 1 unspecified atom stereocenters. The van der Waals surface area contributed by atoms with Gasteiger partial charge in [0.15, 0.2) is 0 Å². The molecule has 0 aliphatic rings. The normalized spacial score (nSPS) is 13.6. The quantitative estimate of drug-likeness (QED) is 0.723. The highest BCUT2D eigenvalue weighted by Gasteiger charge is 2.09. The molecule has 1 aromatic heterocycles. The number of rotatable bonds is 4. The summed E-state index contributed by atoms with van der Waals surface area (Å²) >= 11 is 0. The molecule has 0 aliphatic heterocycles. The number of aromatic nitrogens is 2. The lowest BCUT2D eigenvalue weighted by atomic mass is 10.2. The fraction of sp³-hybridized carbons (Fsp3) is 0.667. The van der Waals surface area contributed by atoms with E-state index >= 15 is 0 Å². The molecule has 0 amide bonds. The Morgan fingerprint density at radius 2 is 2.31 bits per heavy atom. The lowest BCUT2D eigenvalue weighted by molar-refractivity contribution is 0.177. The van der Waals surface area contributed by atoms with E-state index in [1.165, 1.54) is 0 Å². The smallest absolute Gasteiger partial charge is 0.0944 e. The Morgan fingerprint density at radius 1 is 1.62 bits per heavy atom. The topological polar surface area (TPSA) is 50.1 Å². The van der Waals surface area contributed by atoms with E-state index < -0.39 is 6.10 Å². The van der Waals surface area contributed by atoms with Gasteiger partial charge in [-0.3, -0.25) is 4.68 Å². The van der Waals surface area contributed by atoms with Gasteiger partial charge in [-0.2, -0.15) is 5.10 Å². The van der Waals surface area contributed by atoms with Gasteiger partial charge in [-0.15, -0.1) is 0 Å². The first-order valence-corrected chi connectivity index (χ1v) is 4.52. The minimum absolute atomic E-state index is 0.343. The second-order valence-electron chi connectivity index (χ2n) is 3.42. The minimum atomic E-state index is -0.461. The summed E-state index contributed by atoms with van der Waals surface area (Å²) in [4.78, 5) is 0. The van der Waals surface area contributed by atoms with Gasteiger partial charge in [0.1, 0.15) is 0 Å². The number of aliphatic hydroxyl groups is 1. The Morgan fingerprint density at radius 3 is 2.77 bits per heavy atom. The van der Waals surface area contributed by atoms with Crippen LogP contribution in [0.15, 0.2) is 12.4 Å². The van der Waals surface area contributed by atoms with Crippen molar-refractivity contribution in [1.82, 2.24) is 15.1 Å². The Bertz CT molecular complexity index is 257. The molecule has 0 spiro atoms. The highest BCUT2D eigenvalue weighted by molar-refractivity contribution is 5.08. The molecule has 0 radical (unpaired) electrons. The van der Waals surface area contributed by atoms with Crippen molar-refractivity contribution < 1.29 is 5.11 Å². The molecule has 0 saturated heterocycles. The van der Waals surface area contributed by atoms with E-state index in [1.54, 1.807) is 6.20 Å². The van der Waals surface area contributed by atoms with Crippen molar-refractivity contribution in [3.05, 3.63) is 18.0 Å². The van der Waals surface area contributed by atoms with Crippen molar-refractivity contribution in [3.63, 3.8) is 0 Å². The van der Waals surface area contributed by atoms with Crippen LogP contribution in [-0.4, -0.2) is 28.5 Å². The standard InChI is InChI=1S/C9H17N3O/c1-7(2)12-6-8(4-11-12)9(13)5-10-3/h4,6-7,9-10,13H,5H2,1-3H3. The number of nitrogens with one attached hydrogen (secondary N) is 1. The van der Waals surface area contributed by atoms with Crippen LogP contribution >= 0.6 is 0 Å². The summed E-state index contributed by atoms with van der Waals surface area (Å²) in [6, 6.07) is 0.343. The fourth-order valence-corrected chi connectivity index (χ4v) is 1.12. The molecule has 74 valence electrons. The maximum absolute atomic E-state index is 9.60. The van der Waals surface area contributed by atoms with Gasteiger partial charge >= 0.3 is 0 Å². The van der Waals surface area contributed by atoms with Crippen LogP contribution in [0.1, 0.15) is 31.6 Å². The molecule has 4 nitrogen and oxygen atoms in total. The summed E-state index contributed by atoms with van der Waals surface area (Å²) < 4.78 is 1.84. The van der Waals surface area contributed by atoms with E-state index in [9.17, 15) is 5.11 Å². The van der Waals surface area contributed by atoms with Gasteiger partial charge in [-0.05, 0) is 20.9 Å². The molecule has 2 N–H and O–H groups in total. The van der Waals surface area contributed by atoms with Crippen molar-refractivity contribution >= 4 is 0 Å². The summed E-state index contributed by atoms with van der Waals surface area (Å²) in [5.41, 5.74) is 0.864. The Labute approximate surface area is 78.6 Å². The summed E-state index contributed by atoms with van der Waals surface area (Å²) in [6.07, 6.45) is 3.13. The number of likely N-dealkylation sites (N-methyl/N-ethyl adjacent to an activating group) is 1. The van der Waals surface area contributed by atoms with Crippen LogP contribution in [-0.2, 0) is 0 Å². The lowest BCUT2D eigenvalue weighted by Gasteiger charge is -2.07. The lowest BCUT2D eigenvalue weighted by Crippen LogP contribution is -2.16. The fourth-order valence-electron chi connectivity index (χ4n) is 1.12. The van der Waals surface area contributed by atoms with Crippen molar-refractivity contribution in [2.45, 2.75) is 26.0 Å². The molecule has 1 atom stereocenters. The monoisotopic (exact) mass is 183 g/mol. The number of aliphatic hydroxyl groups excluding tert-OH is 1. The Kier molecular flexibility index (Phi) is 3.45. The third-order valence-corrected chi connectivity index (χ3v) is 1.93. The molecule has 0 fully saturated rings. The van der Waals surface area contributed by atoms with Gasteiger partial charge in [0.05, 0.1) is 12.3 Å². The van der Waals surface area contributed by atoms with E-state index in [0.29, 0.717) is 12.6 Å². The van der Waals surface area contributed by atoms with Gasteiger partial charge in [0.2, 0.25) is 0 Å². The highest BCUT2D eigenvalue weighted by atomic mass is 16.3. The van der Waals surface area contributed by atoms with Crippen molar-refractivity contribution in [2.75, 3.05) is 13.6 Å². The second kappa shape index (κ2) is 4.39. The van der Waals surface area contributed by atoms with Crippen LogP contribution in [0.3, 0.4) is 0 Å². The molecule has 0 aliphatic carbocycles. The van der Waals surface area contributed by atoms with E-state index in [-0.39, 0.29) is 0 Å². The first kappa shape index (κ1) is 10.2. The Balaban J connectivity index is 2.67. The first-order chi connectivity index (χ1) is 6.15. The average molecular weight is 183 g/mol. The van der Waals surface area contributed by atoms with Crippen LogP contribution in [0, 0.1) is 0 Å². The number of hydrogen-bond acceptors (Lipinski definition) is 3. The van der Waals surface area contributed by atoms with E-state index in [1.807, 2.05) is 17.9 Å². The van der Waals surface area contributed by atoms with Gasteiger partial charge in [-0.1, -0.05) is 0 Å². The van der Waals surface area contributed by atoms with Crippen molar-refractivity contribution in [3.8, 4) is 0 Å². The molecule has 13 heavy (non-hydrogen) atoms. The SMILES string of the molecule is CNCC(O)c1cnn(C(C)C)c1. The van der Waals surface area contributed by atoms with Gasteiger partial charge in [0.25, 0.3) is 0 Å². The van der Waals surface area contributed by atoms with E-state index in [4.69, 9.17) is 0 Å². The van der Waals surface area contributed by atoms with Gasteiger partial charge in [0, 0.05) is 24.3 Å². The third-order valence-electron chi connectivity index (χ3n) is 1.93. The van der Waals surface area contributed by atoms with Crippen LogP contribution in [0.5, 0.6) is 0 Å². The summed E-state index contributed by atoms with van der Waals surface area (Å²) in [7, 11) is 1.82. The molecule has 0 bridgehead atoms. The molecule has 1 heterocycles. The van der Waals surface area contributed by atoms with Gasteiger partial charge in [-0.25, -0.2) is 0 Å². The zero-order valence-corrected chi connectivity index (χ0v) is 8.36. The first-order valence-electron chi connectivity index (χ1n) is 4.52. The molecule has 1 rings (SSSR count). The predicted molar refractivity (Wildman–Crippen MR) is 51.5 cm³/mol. The predicted octanol–water partition coefficient (Wildman–Crippen LogP) is 0.717. The summed E-state index contributed by atoms with van der Waals surface area (Å²) in [5, 5.41) is 16.7.